The Morgan fingerprint density at radius 3 is 2.21 bits per heavy atom. The molecule has 0 saturated heterocycles. The van der Waals surface area contributed by atoms with Gasteiger partial charge in [0.15, 0.2) is 0 Å². The van der Waals surface area contributed by atoms with E-state index in [9.17, 15) is 21.4 Å². The van der Waals surface area contributed by atoms with Gasteiger partial charge in [-0.2, -0.15) is 16.8 Å². The minimum Gasteiger partial charge on any atom is -0.383 e. The molecule has 0 bridgehead atoms. The van der Waals surface area contributed by atoms with Gasteiger partial charge in [0.1, 0.15) is 0 Å². The van der Waals surface area contributed by atoms with Gasteiger partial charge in [-0.1, -0.05) is 0 Å². The van der Waals surface area contributed by atoms with Gasteiger partial charge in [0.25, 0.3) is 0 Å². The summed E-state index contributed by atoms with van der Waals surface area (Å²) < 4.78 is 72.5. The van der Waals surface area contributed by atoms with Gasteiger partial charge in [-0.25, -0.2) is 0 Å². The summed E-state index contributed by atoms with van der Waals surface area (Å²) in [6.45, 7) is -0.359. The van der Waals surface area contributed by atoms with Gasteiger partial charge >= 0.3 is 25.0 Å². The summed E-state index contributed by atoms with van der Waals surface area (Å²) in [7, 11) is -10.8. The van der Waals surface area contributed by atoms with Crippen molar-refractivity contribution in [1.82, 2.24) is 4.98 Å². The van der Waals surface area contributed by atoms with E-state index in [0.29, 0.717) is 5.69 Å². The lowest BCUT2D eigenvalue weighted by Gasteiger charge is -2.12. The molecule has 0 aliphatic heterocycles. The minimum atomic E-state index is -5.41. The highest BCUT2D eigenvalue weighted by atomic mass is 33.1. The van der Waals surface area contributed by atoms with Crippen LogP contribution in [-0.4, -0.2) is 43.6 Å². The van der Waals surface area contributed by atoms with Gasteiger partial charge < -0.3 is 5.32 Å². The Balaban J connectivity index is 2.87. The van der Waals surface area contributed by atoms with Crippen molar-refractivity contribution in [3.63, 3.8) is 0 Å². The van der Waals surface area contributed by atoms with Crippen LogP contribution >= 0.6 is 5.55 Å². The van der Waals surface area contributed by atoms with E-state index in [-0.39, 0.29) is 6.54 Å². The van der Waals surface area contributed by atoms with E-state index in [1.807, 2.05) is 0 Å². The number of hydrogen-bond donors (Lipinski definition) is 3. The molecule has 1 heterocycles. The lowest BCUT2D eigenvalue weighted by molar-refractivity contribution is 0.484. The van der Waals surface area contributed by atoms with Crippen LogP contribution in [0.3, 0.4) is 0 Å². The van der Waals surface area contributed by atoms with Gasteiger partial charge in [-0.3, -0.25) is 18.7 Å². The molecule has 0 fully saturated rings. The Hall–Kier alpha value is -1.00. The molecule has 108 valence electrons. The highest BCUT2D eigenvalue weighted by molar-refractivity contribution is 8.82. The molecule has 3 N–H and O–H groups in total. The third-order valence-corrected chi connectivity index (χ3v) is 13.0. The average molecular weight is 330 g/mol. The molecular formula is C7H11N2O7PS2. The molecule has 9 nitrogen and oxygen atoms in total. The molecule has 0 spiro atoms. The molecule has 0 atom stereocenters. The van der Waals surface area contributed by atoms with Crippen LogP contribution in [0.2, 0.25) is 0 Å². The predicted molar refractivity (Wildman–Crippen MR) is 68.3 cm³/mol. The van der Waals surface area contributed by atoms with Crippen molar-refractivity contribution in [1.29, 1.82) is 0 Å². The van der Waals surface area contributed by atoms with Crippen molar-refractivity contribution < 1.29 is 30.5 Å². The van der Waals surface area contributed by atoms with Gasteiger partial charge in [-0.15, -0.1) is 0 Å². The predicted octanol–water partition coefficient (Wildman–Crippen LogP) is 0.462. The standard InChI is InChI=1S/C7H11N2O7PS2/c10-17(18(11,12)13,19(14,15)16)5-4-9-7-2-1-3-8-6-7/h1-3,6,9H,4-5H2,(H,11,12,13)(H,14,15,16). The maximum Gasteiger partial charge on any atom is 0.358 e. The van der Waals surface area contributed by atoms with Crippen LogP contribution in [0, 0.1) is 0 Å². The molecule has 0 radical (unpaired) electrons. The van der Waals surface area contributed by atoms with E-state index in [2.05, 4.69) is 10.3 Å². The molecule has 0 aliphatic carbocycles. The van der Waals surface area contributed by atoms with E-state index in [0.717, 1.165) is 0 Å². The third kappa shape index (κ3) is 3.74. The number of rotatable bonds is 6. The van der Waals surface area contributed by atoms with Crippen LogP contribution in [-0.2, 0) is 24.0 Å². The summed E-state index contributed by atoms with van der Waals surface area (Å²) in [4.78, 5) is 3.73. The van der Waals surface area contributed by atoms with Crippen molar-refractivity contribution in [2.24, 2.45) is 0 Å². The maximum absolute atomic E-state index is 11.7. The average Bonchev–Trinajstić information content (AvgIpc) is 2.27. The van der Waals surface area contributed by atoms with Crippen molar-refractivity contribution >= 4 is 30.7 Å². The first-order valence-electron chi connectivity index (χ1n) is 4.76. The number of nitrogens with one attached hydrogen (secondary N) is 1. The van der Waals surface area contributed by atoms with Crippen LogP contribution in [0.15, 0.2) is 24.5 Å². The molecule has 19 heavy (non-hydrogen) atoms. The van der Waals surface area contributed by atoms with Crippen LogP contribution in [0.5, 0.6) is 0 Å². The SMILES string of the molecule is O=P(CCNc1cccnc1)(S(=O)(=O)O)S(=O)(=O)O. The van der Waals surface area contributed by atoms with Crippen molar-refractivity contribution in [3.05, 3.63) is 24.5 Å². The zero-order chi connectivity index (χ0) is 14.7. The second-order valence-electron chi connectivity index (χ2n) is 3.40. The maximum atomic E-state index is 11.7. The van der Waals surface area contributed by atoms with Crippen LogP contribution in [0.4, 0.5) is 5.69 Å². The van der Waals surface area contributed by atoms with Gasteiger partial charge in [-0.05, 0) is 12.1 Å². The van der Waals surface area contributed by atoms with E-state index in [1.54, 1.807) is 12.1 Å². The molecular weight excluding hydrogens is 319 g/mol. The summed E-state index contributed by atoms with van der Waals surface area (Å²) in [5.41, 5.74) is -4.82. The fraction of sp³-hybridized carbons (Fsp3) is 0.286. The van der Waals surface area contributed by atoms with E-state index in [4.69, 9.17) is 9.11 Å². The van der Waals surface area contributed by atoms with E-state index < -0.39 is 31.2 Å². The molecule has 1 aromatic rings. The molecule has 0 unspecified atom stereocenters. The highest BCUT2D eigenvalue weighted by Crippen LogP contribution is 2.56. The normalized spacial score (nSPS) is 13.2. The number of pyridine rings is 1. The molecule has 12 heteroatoms. The van der Waals surface area contributed by atoms with Crippen molar-refractivity contribution in [2.45, 2.75) is 0 Å². The molecule has 1 aromatic heterocycles. The number of anilines is 1. The zero-order valence-electron chi connectivity index (χ0n) is 9.37. The molecule has 0 aliphatic rings. The number of nitrogens with zero attached hydrogens (tertiary/aromatic N) is 1. The zero-order valence-corrected chi connectivity index (χ0v) is 11.9. The molecule has 0 amide bonds. The smallest absolute Gasteiger partial charge is 0.358 e. The summed E-state index contributed by atoms with van der Waals surface area (Å²) in [6.07, 6.45) is 1.87. The largest absolute Gasteiger partial charge is 0.383 e. The van der Waals surface area contributed by atoms with Crippen LogP contribution in [0.25, 0.3) is 0 Å². The highest BCUT2D eigenvalue weighted by Gasteiger charge is 2.48. The minimum absolute atomic E-state index is 0.359. The van der Waals surface area contributed by atoms with Crippen molar-refractivity contribution in [2.75, 3.05) is 18.0 Å². The Labute approximate surface area is 109 Å². The quantitative estimate of drug-likeness (QED) is 0.499. The summed E-state index contributed by atoms with van der Waals surface area (Å²) in [5.74, 6) is 0. The Morgan fingerprint density at radius 1 is 1.21 bits per heavy atom. The summed E-state index contributed by atoms with van der Waals surface area (Å²) >= 11 is 0. The monoisotopic (exact) mass is 330 g/mol. The lowest BCUT2D eigenvalue weighted by atomic mass is 10.4. The van der Waals surface area contributed by atoms with Gasteiger partial charge in [0, 0.05) is 18.9 Å². The second kappa shape index (κ2) is 5.55. The van der Waals surface area contributed by atoms with Gasteiger partial charge in [0.2, 0.25) is 0 Å². The summed E-state index contributed by atoms with van der Waals surface area (Å²) in [5, 5.41) is 2.56. The topological polar surface area (TPSA) is 151 Å². The van der Waals surface area contributed by atoms with Crippen molar-refractivity contribution in [3.8, 4) is 0 Å². The fourth-order valence-corrected chi connectivity index (χ4v) is 7.03. The summed E-state index contributed by atoms with van der Waals surface area (Å²) in [6, 6.07) is 3.12. The van der Waals surface area contributed by atoms with Crippen LogP contribution < -0.4 is 5.32 Å². The molecule has 0 aromatic carbocycles. The van der Waals surface area contributed by atoms with Crippen LogP contribution in [0.1, 0.15) is 0 Å². The first-order valence-corrected chi connectivity index (χ1v) is 10.7. The third-order valence-electron chi connectivity index (χ3n) is 2.08. The van der Waals surface area contributed by atoms with Gasteiger partial charge in [0.05, 0.1) is 11.8 Å². The Kier molecular flexibility index (Phi) is 4.69. The Morgan fingerprint density at radius 2 is 1.79 bits per heavy atom. The second-order valence-corrected chi connectivity index (χ2v) is 13.9. The van der Waals surface area contributed by atoms with E-state index >= 15 is 0 Å². The molecule has 0 saturated carbocycles. The fourth-order valence-electron chi connectivity index (χ4n) is 1.15. The number of hydrogen-bond acceptors (Lipinski definition) is 7. The molecule has 1 rings (SSSR count). The lowest BCUT2D eigenvalue weighted by Crippen LogP contribution is -2.17. The first-order chi connectivity index (χ1) is 8.58. The Bertz CT molecular complexity index is 649. The number of aromatic nitrogens is 1. The van der Waals surface area contributed by atoms with E-state index in [1.165, 1.54) is 12.4 Å². The first kappa shape index (κ1) is 16.1.